The summed E-state index contributed by atoms with van der Waals surface area (Å²) < 4.78 is 6.01. The molecule has 5 heteroatoms. The molecular formula is C22H31ClN2O2. The minimum atomic E-state index is -0.582. The number of rotatable bonds is 8. The molecule has 0 aliphatic rings. The van der Waals surface area contributed by atoms with Gasteiger partial charge < -0.3 is 15.4 Å². The van der Waals surface area contributed by atoms with E-state index in [-0.39, 0.29) is 18.3 Å². The van der Waals surface area contributed by atoms with Gasteiger partial charge in [0.1, 0.15) is 5.75 Å². The van der Waals surface area contributed by atoms with Crippen LogP contribution in [0.15, 0.2) is 42.5 Å². The molecule has 0 spiro atoms. The molecule has 0 aliphatic carbocycles. The predicted molar refractivity (Wildman–Crippen MR) is 115 cm³/mol. The fourth-order valence-electron chi connectivity index (χ4n) is 2.76. The van der Waals surface area contributed by atoms with Crippen molar-refractivity contribution in [3.8, 4) is 5.75 Å². The van der Waals surface area contributed by atoms with Crippen molar-refractivity contribution in [3.63, 3.8) is 0 Å². The first-order valence-corrected chi connectivity index (χ1v) is 9.29. The highest BCUT2D eigenvalue weighted by Gasteiger charge is 2.18. The highest BCUT2D eigenvalue weighted by molar-refractivity contribution is 5.94. The van der Waals surface area contributed by atoms with E-state index < -0.39 is 6.10 Å². The standard InChI is InChI=1S/C22H30N2O2.ClH/c1-6-23-14-18-9-7-8-10-20(18)24-22(25)17(5)26-21-13-16(4)11-12-19(21)15(2)3;/h7-13,15,17,23H,6,14H2,1-5H3,(H,24,25);1H. The van der Waals surface area contributed by atoms with Crippen molar-refractivity contribution in [1.82, 2.24) is 5.32 Å². The zero-order chi connectivity index (χ0) is 19.1. The van der Waals surface area contributed by atoms with Gasteiger partial charge in [0.25, 0.3) is 5.91 Å². The fourth-order valence-corrected chi connectivity index (χ4v) is 2.76. The van der Waals surface area contributed by atoms with Crippen molar-refractivity contribution in [2.24, 2.45) is 0 Å². The van der Waals surface area contributed by atoms with Crippen molar-refractivity contribution in [1.29, 1.82) is 0 Å². The Morgan fingerprint density at radius 1 is 1.11 bits per heavy atom. The van der Waals surface area contributed by atoms with E-state index in [0.29, 0.717) is 5.92 Å². The summed E-state index contributed by atoms with van der Waals surface area (Å²) in [5.74, 6) is 0.968. The monoisotopic (exact) mass is 390 g/mol. The summed E-state index contributed by atoms with van der Waals surface area (Å²) in [6.07, 6.45) is -0.582. The van der Waals surface area contributed by atoms with Gasteiger partial charge in [0.15, 0.2) is 6.10 Å². The first-order chi connectivity index (χ1) is 12.4. The Hall–Kier alpha value is -2.04. The number of carbonyl (C=O) groups excluding carboxylic acids is 1. The predicted octanol–water partition coefficient (Wildman–Crippen LogP) is 5.06. The van der Waals surface area contributed by atoms with Gasteiger partial charge in [-0.2, -0.15) is 0 Å². The molecule has 2 aromatic carbocycles. The molecule has 0 heterocycles. The van der Waals surface area contributed by atoms with Crippen molar-refractivity contribution < 1.29 is 9.53 Å². The van der Waals surface area contributed by atoms with Crippen LogP contribution in [0, 0.1) is 6.92 Å². The number of anilines is 1. The van der Waals surface area contributed by atoms with E-state index in [2.05, 4.69) is 43.5 Å². The van der Waals surface area contributed by atoms with Crippen LogP contribution >= 0.6 is 12.4 Å². The number of hydrogen-bond donors (Lipinski definition) is 2. The van der Waals surface area contributed by atoms with E-state index in [4.69, 9.17) is 4.74 Å². The van der Waals surface area contributed by atoms with Gasteiger partial charge in [-0.15, -0.1) is 12.4 Å². The maximum Gasteiger partial charge on any atom is 0.265 e. The Kier molecular flexibility index (Phi) is 9.33. The third-order valence-electron chi connectivity index (χ3n) is 4.30. The molecule has 0 aliphatic heterocycles. The second-order valence-electron chi connectivity index (χ2n) is 6.88. The third-order valence-corrected chi connectivity index (χ3v) is 4.30. The molecule has 0 saturated carbocycles. The molecule has 2 N–H and O–H groups in total. The highest BCUT2D eigenvalue weighted by Crippen LogP contribution is 2.28. The number of carbonyl (C=O) groups is 1. The molecule has 1 atom stereocenters. The van der Waals surface area contributed by atoms with Crippen LogP contribution in [0.3, 0.4) is 0 Å². The van der Waals surface area contributed by atoms with E-state index in [1.807, 2.05) is 37.3 Å². The largest absolute Gasteiger partial charge is 0.481 e. The lowest BCUT2D eigenvalue weighted by molar-refractivity contribution is -0.122. The summed E-state index contributed by atoms with van der Waals surface area (Å²) in [6, 6.07) is 14.0. The average Bonchev–Trinajstić information content (AvgIpc) is 2.60. The maximum absolute atomic E-state index is 12.7. The number of aryl methyl sites for hydroxylation is 1. The Morgan fingerprint density at radius 2 is 1.81 bits per heavy atom. The van der Waals surface area contributed by atoms with Crippen LogP contribution in [-0.2, 0) is 11.3 Å². The molecule has 27 heavy (non-hydrogen) atoms. The highest BCUT2D eigenvalue weighted by atomic mass is 35.5. The van der Waals surface area contributed by atoms with Crippen LogP contribution in [0.2, 0.25) is 0 Å². The molecule has 148 valence electrons. The Morgan fingerprint density at radius 3 is 2.48 bits per heavy atom. The molecule has 1 amide bonds. The van der Waals surface area contributed by atoms with Gasteiger partial charge in [-0.3, -0.25) is 4.79 Å². The van der Waals surface area contributed by atoms with Crippen molar-refractivity contribution >= 4 is 24.0 Å². The normalized spacial score (nSPS) is 11.6. The Bertz CT molecular complexity index is 747. The van der Waals surface area contributed by atoms with Gasteiger partial charge in [-0.05, 0) is 55.1 Å². The van der Waals surface area contributed by atoms with E-state index in [1.165, 1.54) is 0 Å². The van der Waals surface area contributed by atoms with Crippen LogP contribution in [-0.4, -0.2) is 18.6 Å². The smallest absolute Gasteiger partial charge is 0.265 e. The molecule has 0 bridgehead atoms. The van der Waals surface area contributed by atoms with Gasteiger partial charge in [-0.25, -0.2) is 0 Å². The number of halogens is 1. The first kappa shape index (κ1) is 23.0. The summed E-state index contributed by atoms with van der Waals surface area (Å²) in [5, 5.41) is 6.29. The molecule has 0 saturated heterocycles. The van der Waals surface area contributed by atoms with Crippen molar-refractivity contribution in [3.05, 3.63) is 59.2 Å². The summed E-state index contributed by atoms with van der Waals surface area (Å²) in [7, 11) is 0. The van der Waals surface area contributed by atoms with Crippen molar-refractivity contribution in [2.75, 3.05) is 11.9 Å². The van der Waals surface area contributed by atoms with Crippen LogP contribution < -0.4 is 15.4 Å². The summed E-state index contributed by atoms with van der Waals surface area (Å²) in [6.45, 7) is 11.7. The second kappa shape index (κ2) is 11.0. The van der Waals surface area contributed by atoms with Crippen LogP contribution in [0.4, 0.5) is 5.69 Å². The van der Waals surface area contributed by atoms with Gasteiger partial charge in [0, 0.05) is 12.2 Å². The molecule has 0 aromatic heterocycles. The lowest BCUT2D eigenvalue weighted by atomic mass is 10.0. The lowest BCUT2D eigenvalue weighted by Crippen LogP contribution is -2.31. The first-order valence-electron chi connectivity index (χ1n) is 9.29. The Balaban J connectivity index is 0.00000364. The van der Waals surface area contributed by atoms with E-state index >= 15 is 0 Å². The van der Waals surface area contributed by atoms with Gasteiger partial charge in [-0.1, -0.05) is 51.1 Å². The van der Waals surface area contributed by atoms with Gasteiger partial charge in [0.2, 0.25) is 0 Å². The lowest BCUT2D eigenvalue weighted by Gasteiger charge is -2.20. The molecule has 0 radical (unpaired) electrons. The minimum Gasteiger partial charge on any atom is -0.481 e. The summed E-state index contributed by atoms with van der Waals surface area (Å²) >= 11 is 0. The van der Waals surface area contributed by atoms with Gasteiger partial charge >= 0.3 is 0 Å². The van der Waals surface area contributed by atoms with E-state index in [0.717, 1.165) is 41.2 Å². The molecule has 4 nitrogen and oxygen atoms in total. The quantitative estimate of drug-likeness (QED) is 0.662. The zero-order valence-corrected chi connectivity index (χ0v) is 17.7. The number of nitrogens with one attached hydrogen (secondary N) is 2. The van der Waals surface area contributed by atoms with Crippen molar-refractivity contribution in [2.45, 2.75) is 53.2 Å². The van der Waals surface area contributed by atoms with Gasteiger partial charge in [0.05, 0.1) is 0 Å². The summed E-state index contributed by atoms with van der Waals surface area (Å²) in [5.41, 5.74) is 4.12. The van der Waals surface area contributed by atoms with Crippen LogP contribution in [0.1, 0.15) is 50.3 Å². The van der Waals surface area contributed by atoms with E-state index in [1.54, 1.807) is 6.92 Å². The summed E-state index contributed by atoms with van der Waals surface area (Å²) in [4.78, 5) is 12.7. The average molecular weight is 391 g/mol. The third kappa shape index (κ3) is 6.56. The number of amides is 1. The molecular weight excluding hydrogens is 360 g/mol. The van der Waals surface area contributed by atoms with Crippen LogP contribution in [0.25, 0.3) is 0 Å². The zero-order valence-electron chi connectivity index (χ0n) is 16.8. The molecule has 2 rings (SSSR count). The Labute approximate surface area is 169 Å². The fraction of sp³-hybridized carbons (Fsp3) is 0.409. The number of ether oxygens (including phenoxy) is 1. The SMILES string of the molecule is CCNCc1ccccc1NC(=O)C(C)Oc1cc(C)ccc1C(C)C.Cl. The number of benzene rings is 2. The molecule has 1 unspecified atom stereocenters. The molecule has 0 fully saturated rings. The number of para-hydroxylation sites is 1. The topological polar surface area (TPSA) is 50.4 Å². The number of hydrogen-bond acceptors (Lipinski definition) is 3. The minimum absolute atomic E-state index is 0. The second-order valence-corrected chi connectivity index (χ2v) is 6.88. The van der Waals surface area contributed by atoms with Crippen LogP contribution in [0.5, 0.6) is 5.75 Å². The maximum atomic E-state index is 12.7. The van der Waals surface area contributed by atoms with E-state index in [9.17, 15) is 4.79 Å². The molecule has 2 aromatic rings.